The summed E-state index contributed by atoms with van der Waals surface area (Å²) in [6, 6.07) is 0.289. The lowest BCUT2D eigenvalue weighted by atomic mass is 9.85. The van der Waals surface area contributed by atoms with E-state index in [4.69, 9.17) is 11.6 Å². The second-order valence-corrected chi connectivity index (χ2v) is 5.43. The second-order valence-electron chi connectivity index (χ2n) is 5.07. The molecule has 1 saturated carbocycles. The van der Waals surface area contributed by atoms with E-state index in [1.807, 2.05) is 13.8 Å². The van der Waals surface area contributed by atoms with Gasteiger partial charge in [0.15, 0.2) is 11.0 Å². The third kappa shape index (κ3) is 2.75. The average Bonchev–Trinajstić information content (AvgIpc) is 2.40. The summed E-state index contributed by atoms with van der Waals surface area (Å²) in [5, 5.41) is 21.4. The largest absolute Gasteiger partial charge is 0.396 e. The molecular formula is C13H20ClN3O. The van der Waals surface area contributed by atoms with Crippen molar-refractivity contribution in [3.05, 3.63) is 16.3 Å². The number of anilines is 1. The molecule has 0 radical (unpaired) electrons. The quantitative estimate of drug-likeness (QED) is 0.886. The summed E-state index contributed by atoms with van der Waals surface area (Å²) < 4.78 is 0. The smallest absolute Gasteiger partial charge is 0.155 e. The Morgan fingerprint density at radius 2 is 1.94 bits per heavy atom. The molecule has 0 bridgehead atoms. The SMILES string of the molecule is Cc1c(Cl)nnc(NC2CCCCC2CO)c1C. The molecule has 2 N–H and O–H groups in total. The van der Waals surface area contributed by atoms with E-state index in [0.29, 0.717) is 11.1 Å². The van der Waals surface area contributed by atoms with E-state index >= 15 is 0 Å². The molecule has 0 amide bonds. The second kappa shape index (κ2) is 5.85. The zero-order valence-corrected chi connectivity index (χ0v) is 11.7. The van der Waals surface area contributed by atoms with Gasteiger partial charge in [0.1, 0.15) is 0 Å². The van der Waals surface area contributed by atoms with E-state index in [1.165, 1.54) is 12.8 Å². The highest BCUT2D eigenvalue weighted by Gasteiger charge is 2.25. The highest BCUT2D eigenvalue weighted by Crippen LogP contribution is 2.28. The van der Waals surface area contributed by atoms with Crippen LogP contribution in [-0.4, -0.2) is 28.0 Å². The van der Waals surface area contributed by atoms with Gasteiger partial charge in [0, 0.05) is 18.6 Å². The summed E-state index contributed by atoms with van der Waals surface area (Å²) in [5.41, 5.74) is 2.00. The number of hydrogen-bond acceptors (Lipinski definition) is 4. The highest BCUT2D eigenvalue weighted by molar-refractivity contribution is 6.30. The molecular weight excluding hydrogens is 250 g/mol. The van der Waals surface area contributed by atoms with Crippen molar-refractivity contribution in [3.8, 4) is 0 Å². The number of aromatic nitrogens is 2. The highest BCUT2D eigenvalue weighted by atomic mass is 35.5. The third-order valence-corrected chi connectivity index (χ3v) is 4.29. The molecule has 2 unspecified atom stereocenters. The fourth-order valence-corrected chi connectivity index (χ4v) is 2.68. The Morgan fingerprint density at radius 3 is 2.67 bits per heavy atom. The lowest BCUT2D eigenvalue weighted by molar-refractivity contribution is 0.178. The molecule has 4 nitrogen and oxygen atoms in total. The first-order valence-corrected chi connectivity index (χ1v) is 6.88. The lowest BCUT2D eigenvalue weighted by Crippen LogP contribution is -2.35. The first-order valence-electron chi connectivity index (χ1n) is 6.50. The molecule has 0 spiro atoms. The van der Waals surface area contributed by atoms with Crippen molar-refractivity contribution in [2.24, 2.45) is 5.92 Å². The molecule has 0 aliphatic heterocycles. The summed E-state index contributed by atoms with van der Waals surface area (Å²) in [6.07, 6.45) is 4.56. The van der Waals surface area contributed by atoms with Crippen LogP contribution >= 0.6 is 11.6 Å². The van der Waals surface area contributed by atoms with Crippen molar-refractivity contribution in [2.75, 3.05) is 11.9 Å². The van der Waals surface area contributed by atoms with Gasteiger partial charge in [0.25, 0.3) is 0 Å². The maximum absolute atomic E-state index is 9.41. The van der Waals surface area contributed by atoms with Crippen LogP contribution in [0.5, 0.6) is 0 Å². The van der Waals surface area contributed by atoms with Crippen LogP contribution in [0.3, 0.4) is 0 Å². The van der Waals surface area contributed by atoms with Gasteiger partial charge < -0.3 is 10.4 Å². The van der Waals surface area contributed by atoms with Crippen molar-refractivity contribution >= 4 is 17.4 Å². The van der Waals surface area contributed by atoms with E-state index in [2.05, 4.69) is 15.5 Å². The van der Waals surface area contributed by atoms with E-state index in [9.17, 15) is 5.11 Å². The molecule has 5 heteroatoms. The van der Waals surface area contributed by atoms with Gasteiger partial charge in [-0.2, -0.15) is 0 Å². The average molecular weight is 270 g/mol. The Bertz CT molecular complexity index is 425. The maximum Gasteiger partial charge on any atom is 0.155 e. The van der Waals surface area contributed by atoms with Crippen LogP contribution < -0.4 is 5.32 Å². The maximum atomic E-state index is 9.41. The molecule has 1 fully saturated rings. The van der Waals surface area contributed by atoms with Gasteiger partial charge in [-0.25, -0.2) is 0 Å². The van der Waals surface area contributed by atoms with Crippen molar-refractivity contribution in [2.45, 2.75) is 45.6 Å². The van der Waals surface area contributed by atoms with Gasteiger partial charge in [-0.05, 0) is 37.8 Å². The van der Waals surface area contributed by atoms with Crippen LogP contribution in [0.4, 0.5) is 5.82 Å². The number of nitrogens with zero attached hydrogens (tertiary/aromatic N) is 2. The summed E-state index contributed by atoms with van der Waals surface area (Å²) in [5.74, 6) is 1.11. The number of halogens is 1. The fraction of sp³-hybridized carbons (Fsp3) is 0.692. The topological polar surface area (TPSA) is 58.0 Å². The van der Waals surface area contributed by atoms with Crippen LogP contribution in [0.25, 0.3) is 0 Å². The van der Waals surface area contributed by atoms with Crippen LogP contribution in [0.15, 0.2) is 0 Å². The molecule has 0 saturated heterocycles. The Labute approximate surface area is 113 Å². The Hall–Kier alpha value is -0.870. The van der Waals surface area contributed by atoms with Gasteiger partial charge in [-0.3, -0.25) is 0 Å². The Morgan fingerprint density at radius 1 is 1.22 bits per heavy atom. The van der Waals surface area contributed by atoms with Crippen molar-refractivity contribution < 1.29 is 5.11 Å². The van der Waals surface area contributed by atoms with Gasteiger partial charge in [0.05, 0.1) is 0 Å². The van der Waals surface area contributed by atoms with Crippen LogP contribution in [-0.2, 0) is 0 Å². The van der Waals surface area contributed by atoms with Gasteiger partial charge in [0.2, 0.25) is 0 Å². The van der Waals surface area contributed by atoms with Crippen LogP contribution in [0, 0.1) is 19.8 Å². The zero-order chi connectivity index (χ0) is 13.1. The van der Waals surface area contributed by atoms with Crippen molar-refractivity contribution in [3.63, 3.8) is 0 Å². The standard InChI is InChI=1S/C13H20ClN3O/c1-8-9(2)13(17-16-12(8)14)15-11-6-4-3-5-10(11)7-18/h10-11,18H,3-7H2,1-2H3,(H,15,17). The molecule has 100 valence electrons. The Kier molecular flexibility index (Phi) is 4.40. The number of rotatable bonds is 3. The zero-order valence-electron chi connectivity index (χ0n) is 10.9. The van der Waals surface area contributed by atoms with Gasteiger partial charge in [-0.15, -0.1) is 10.2 Å². The molecule has 2 rings (SSSR count). The molecule has 18 heavy (non-hydrogen) atoms. The predicted molar refractivity (Wildman–Crippen MR) is 73.0 cm³/mol. The predicted octanol–water partition coefficient (Wildman–Crippen LogP) is 2.71. The lowest BCUT2D eigenvalue weighted by Gasteiger charge is -2.31. The number of aliphatic hydroxyl groups is 1. The first-order chi connectivity index (χ1) is 8.63. The minimum atomic E-state index is 0.233. The van der Waals surface area contributed by atoms with Crippen molar-refractivity contribution in [1.29, 1.82) is 0 Å². The van der Waals surface area contributed by atoms with Gasteiger partial charge >= 0.3 is 0 Å². The number of hydrogen-bond donors (Lipinski definition) is 2. The van der Waals surface area contributed by atoms with E-state index in [1.54, 1.807) is 0 Å². The Balaban J connectivity index is 2.15. The summed E-state index contributed by atoms with van der Waals surface area (Å²) in [4.78, 5) is 0. The molecule has 1 aromatic heterocycles. The molecule has 1 aliphatic carbocycles. The summed E-state index contributed by atoms with van der Waals surface area (Å²) >= 11 is 5.94. The first kappa shape index (κ1) is 13.6. The monoisotopic (exact) mass is 269 g/mol. The van der Waals surface area contributed by atoms with E-state index in [0.717, 1.165) is 29.8 Å². The molecule has 1 aromatic rings. The molecule has 1 aliphatic rings. The summed E-state index contributed by atoms with van der Waals surface area (Å²) in [6.45, 7) is 4.17. The van der Waals surface area contributed by atoms with Crippen LogP contribution in [0.2, 0.25) is 5.15 Å². The molecule has 2 atom stereocenters. The van der Waals surface area contributed by atoms with Crippen LogP contribution in [0.1, 0.15) is 36.8 Å². The molecule has 1 heterocycles. The third-order valence-electron chi connectivity index (χ3n) is 3.93. The number of nitrogens with one attached hydrogen (secondary N) is 1. The minimum Gasteiger partial charge on any atom is -0.396 e. The minimum absolute atomic E-state index is 0.233. The normalized spacial score (nSPS) is 24.0. The van der Waals surface area contributed by atoms with Gasteiger partial charge in [-0.1, -0.05) is 24.4 Å². The molecule has 0 aromatic carbocycles. The number of aliphatic hydroxyl groups excluding tert-OH is 1. The van der Waals surface area contributed by atoms with E-state index < -0.39 is 0 Å². The van der Waals surface area contributed by atoms with Crippen molar-refractivity contribution in [1.82, 2.24) is 10.2 Å². The fourth-order valence-electron chi connectivity index (χ4n) is 2.51. The summed E-state index contributed by atoms with van der Waals surface area (Å²) in [7, 11) is 0. The van der Waals surface area contributed by atoms with E-state index in [-0.39, 0.29) is 12.6 Å².